The zero-order valence-corrected chi connectivity index (χ0v) is 17.7. The van der Waals surface area contributed by atoms with Crippen molar-refractivity contribution in [3.63, 3.8) is 0 Å². The van der Waals surface area contributed by atoms with Gasteiger partial charge in [-0.2, -0.15) is 0 Å². The number of carbonyl (C=O) groups excluding carboxylic acids is 2. The van der Waals surface area contributed by atoms with E-state index in [1.807, 2.05) is 18.2 Å². The monoisotopic (exact) mass is 450 g/mol. The topological polar surface area (TPSA) is 59.1 Å². The summed E-state index contributed by atoms with van der Waals surface area (Å²) in [5, 5.41) is 0.0920. The predicted molar refractivity (Wildman–Crippen MR) is 112 cm³/mol. The van der Waals surface area contributed by atoms with E-state index < -0.39 is 5.82 Å². The fourth-order valence-electron chi connectivity index (χ4n) is 3.34. The first-order valence-electron chi connectivity index (χ1n) is 9.56. The molecule has 2 amide bonds. The number of fused-ring (bicyclic) bond motifs is 1. The van der Waals surface area contributed by atoms with Crippen LogP contribution in [0.15, 0.2) is 41.3 Å². The number of benzene rings is 2. The summed E-state index contributed by atoms with van der Waals surface area (Å²) in [5.74, 6) is 1.00. The summed E-state index contributed by atoms with van der Waals surface area (Å²) >= 11 is 7.44. The van der Waals surface area contributed by atoms with Crippen LogP contribution in [0, 0.1) is 5.82 Å². The van der Waals surface area contributed by atoms with Crippen LogP contribution in [0.4, 0.5) is 4.39 Å². The number of carbonyl (C=O) groups is 2. The summed E-state index contributed by atoms with van der Waals surface area (Å²) in [4.78, 5) is 29.5. The Morgan fingerprint density at radius 2 is 1.67 bits per heavy atom. The maximum Gasteiger partial charge on any atom is 0.255 e. The number of hydrogen-bond donors (Lipinski definition) is 0. The molecule has 4 rings (SSSR count). The van der Waals surface area contributed by atoms with Crippen molar-refractivity contribution in [1.29, 1.82) is 0 Å². The number of rotatable bonds is 4. The molecular weight excluding hydrogens is 431 g/mol. The molecule has 1 fully saturated rings. The molecule has 2 aromatic carbocycles. The average Bonchev–Trinajstić information content (AvgIpc) is 2.77. The molecule has 2 aliphatic rings. The van der Waals surface area contributed by atoms with Crippen molar-refractivity contribution < 1.29 is 23.5 Å². The first-order valence-corrected chi connectivity index (χ1v) is 10.9. The van der Waals surface area contributed by atoms with Gasteiger partial charge >= 0.3 is 0 Å². The molecule has 0 radical (unpaired) electrons. The fraction of sp³-hybridized carbons (Fsp3) is 0.333. The number of halogens is 2. The Labute approximate surface area is 182 Å². The zero-order chi connectivity index (χ0) is 21.1. The van der Waals surface area contributed by atoms with Gasteiger partial charge in [-0.05, 0) is 36.4 Å². The number of nitrogens with zero attached hydrogens (tertiary/aromatic N) is 2. The minimum Gasteiger partial charge on any atom is -0.486 e. The number of hydrogen-bond acceptors (Lipinski definition) is 5. The third-order valence-corrected chi connectivity index (χ3v) is 6.25. The van der Waals surface area contributed by atoms with Gasteiger partial charge in [0.05, 0.1) is 16.3 Å². The maximum absolute atomic E-state index is 13.2. The second-order valence-electron chi connectivity index (χ2n) is 6.89. The summed E-state index contributed by atoms with van der Waals surface area (Å²) in [5.41, 5.74) is 0.270. The van der Waals surface area contributed by atoms with Crippen molar-refractivity contribution in [2.24, 2.45) is 0 Å². The number of amides is 2. The highest BCUT2D eigenvalue weighted by Crippen LogP contribution is 2.34. The number of piperazine rings is 1. The lowest BCUT2D eigenvalue weighted by atomic mass is 10.1. The third kappa shape index (κ3) is 4.65. The summed E-state index contributed by atoms with van der Waals surface area (Å²) < 4.78 is 24.3. The van der Waals surface area contributed by atoms with Gasteiger partial charge in [0.15, 0.2) is 11.5 Å². The first kappa shape index (κ1) is 20.8. The lowest BCUT2D eigenvalue weighted by Crippen LogP contribution is -2.51. The second kappa shape index (κ2) is 9.14. The lowest BCUT2D eigenvalue weighted by Gasteiger charge is -2.35. The van der Waals surface area contributed by atoms with E-state index in [-0.39, 0.29) is 22.4 Å². The van der Waals surface area contributed by atoms with Gasteiger partial charge in [0.1, 0.15) is 19.0 Å². The van der Waals surface area contributed by atoms with Crippen molar-refractivity contribution in [3.8, 4) is 11.5 Å². The molecule has 0 aromatic heterocycles. The minimum atomic E-state index is -0.484. The van der Waals surface area contributed by atoms with Gasteiger partial charge in [0, 0.05) is 31.1 Å². The number of thioether (sulfide) groups is 1. The fourth-order valence-corrected chi connectivity index (χ4v) is 4.42. The van der Waals surface area contributed by atoms with Crippen LogP contribution in [-0.4, -0.2) is 66.8 Å². The van der Waals surface area contributed by atoms with Gasteiger partial charge in [-0.1, -0.05) is 11.6 Å². The van der Waals surface area contributed by atoms with Crippen LogP contribution in [0.25, 0.3) is 0 Å². The van der Waals surface area contributed by atoms with E-state index in [0.717, 1.165) is 16.7 Å². The van der Waals surface area contributed by atoms with Crippen LogP contribution >= 0.6 is 23.4 Å². The van der Waals surface area contributed by atoms with E-state index in [4.69, 9.17) is 21.1 Å². The van der Waals surface area contributed by atoms with Crippen molar-refractivity contribution in [2.45, 2.75) is 4.90 Å². The van der Waals surface area contributed by atoms with Crippen molar-refractivity contribution in [1.82, 2.24) is 9.80 Å². The molecule has 0 unspecified atom stereocenters. The Morgan fingerprint density at radius 1 is 0.967 bits per heavy atom. The van der Waals surface area contributed by atoms with E-state index in [0.29, 0.717) is 50.9 Å². The molecule has 2 heterocycles. The molecule has 2 aliphatic heterocycles. The summed E-state index contributed by atoms with van der Waals surface area (Å²) in [7, 11) is 0. The smallest absolute Gasteiger partial charge is 0.255 e. The molecule has 158 valence electrons. The quantitative estimate of drug-likeness (QED) is 0.669. The Hall–Kier alpha value is -2.45. The van der Waals surface area contributed by atoms with Crippen LogP contribution in [-0.2, 0) is 4.79 Å². The molecule has 30 heavy (non-hydrogen) atoms. The van der Waals surface area contributed by atoms with Gasteiger partial charge in [0.2, 0.25) is 5.91 Å². The SMILES string of the molecule is O=C(CSc1ccc2c(c1)OCCO2)N1CCN(C(=O)c2ccc(F)cc2Cl)CC1. The highest BCUT2D eigenvalue weighted by atomic mass is 35.5. The van der Waals surface area contributed by atoms with Crippen molar-refractivity contribution in [2.75, 3.05) is 45.1 Å². The Bertz CT molecular complexity index is 966. The highest BCUT2D eigenvalue weighted by molar-refractivity contribution is 8.00. The highest BCUT2D eigenvalue weighted by Gasteiger charge is 2.26. The summed E-state index contributed by atoms with van der Waals surface area (Å²) in [6, 6.07) is 9.38. The number of ether oxygens (including phenoxy) is 2. The average molecular weight is 451 g/mol. The van der Waals surface area contributed by atoms with Crippen LogP contribution < -0.4 is 9.47 Å². The van der Waals surface area contributed by atoms with Crippen molar-refractivity contribution in [3.05, 3.63) is 52.8 Å². The van der Waals surface area contributed by atoms with E-state index in [1.165, 1.54) is 23.9 Å². The standard InChI is InChI=1S/C21H20ClFN2O4S/c22-17-11-14(23)1-3-16(17)21(27)25-7-5-24(6-8-25)20(26)13-30-15-2-4-18-19(12-15)29-10-9-28-18/h1-4,11-12H,5-10,13H2. The molecule has 2 aromatic rings. The molecule has 1 saturated heterocycles. The van der Waals surface area contributed by atoms with Crippen molar-refractivity contribution >= 4 is 35.2 Å². The normalized spacial score (nSPS) is 15.8. The van der Waals surface area contributed by atoms with Crippen LogP contribution in [0.1, 0.15) is 10.4 Å². The molecular formula is C21H20ClFN2O4S. The molecule has 0 N–H and O–H groups in total. The Kier molecular flexibility index (Phi) is 6.34. The second-order valence-corrected chi connectivity index (χ2v) is 8.35. The predicted octanol–water partition coefficient (Wildman–Crippen LogP) is 3.33. The van der Waals surface area contributed by atoms with E-state index in [1.54, 1.807) is 9.80 Å². The Morgan fingerprint density at radius 3 is 2.40 bits per heavy atom. The summed E-state index contributed by atoms with van der Waals surface area (Å²) in [6.45, 7) is 2.78. The van der Waals surface area contributed by atoms with E-state index in [2.05, 4.69) is 0 Å². The van der Waals surface area contributed by atoms with Gasteiger partial charge < -0.3 is 19.3 Å². The maximum atomic E-state index is 13.2. The molecule has 6 nitrogen and oxygen atoms in total. The zero-order valence-electron chi connectivity index (χ0n) is 16.1. The van der Waals surface area contributed by atoms with E-state index >= 15 is 0 Å². The largest absolute Gasteiger partial charge is 0.486 e. The van der Waals surface area contributed by atoms with Crippen LogP contribution in [0.2, 0.25) is 5.02 Å². The minimum absolute atomic E-state index is 0.0156. The van der Waals surface area contributed by atoms with Crippen LogP contribution in [0.3, 0.4) is 0 Å². The van der Waals surface area contributed by atoms with Crippen LogP contribution in [0.5, 0.6) is 11.5 Å². The van der Waals surface area contributed by atoms with Gasteiger partial charge in [0.25, 0.3) is 5.91 Å². The molecule has 9 heteroatoms. The first-order chi connectivity index (χ1) is 14.5. The summed E-state index contributed by atoms with van der Waals surface area (Å²) in [6.07, 6.45) is 0. The van der Waals surface area contributed by atoms with Gasteiger partial charge in [-0.25, -0.2) is 4.39 Å². The third-order valence-electron chi connectivity index (χ3n) is 4.96. The van der Waals surface area contributed by atoms with E-state index in [9.17, 15) is 14.0 Å². The molecule has 0 aliphatic carbocycles. The molecule has 0 spiro atoms. The van der Waals surface area contributed by atoms with Gasteiger partial charge in [-0.15, -0.1) is 11.8 Å². The Balaban J connectivity index is 1.28. The molecule has 0 atom stereocenters. The molecule has 0 saturated carbocycles. The lowest BCUT2D eigenvalue weighted by molar-refractivity contribution is -0.129. The van der Waals surface area contributed by atoms with Gasteiger partial charge in [-0.3, -0.25) is 9.59 Å². The molecule has 0 bridgehead atoms.